The van der Waals surface area contributed by atoms with Crippen molar-refractivity contribution in [1.29, 1.82) is 0 Å². The summed E-state index contributed by atoms with van der Waals surface area (Å²) in [5.41, 5.74) is 1.52. The van der Waals surface area contributed by atoms with Gasteiger partial charge in [-0.3, -0.25) is 9.80 Å². The van der Waals surface area contributed by atoms with Crippen LogP contribution in [0.25, 0.3) is 0 Å². The van der Waals surface area contributed by atoms with Crippen LogP contribution < -0.4 is 5.84 Å². The van der Waals surface area contributed by atoms with Crippen LogP contribution in [-0.4, -0.2) is 18.0 Å². The first-order valence-electron chi connectivity index (χ1n) is 9.76. The van der Waals surface area contributed by atoms with Gasteiger partial charge in [-0.25, -0.2) is 5.84 Å². The molecule has 4 aliphatic rings. The van der Waals surface area contributed by atoms with Gasteiger partial charge in [-0.15, -0.1) is 0 Å². The molecule has 2 saturated carbocycles. The van der Waals surface area contributed by atoms with Gasteiger partial charge in [0.1, 0.15) is 0 Å². The number of fused-ring (bicyclic) bond motifs is 5. The van der Waals surface area contributed by atoms with Crippen LogP contribution in [-0.2, 0) is 4.79 Å². The molecule has 3 nitrogen and oxygen atoms in total. The van der Waals surface area contributed by atoms with Crippen LogP contribution in [0.2, 0.25) is 0 Å². The molecule has 2 N–H and O–H groups in total. The lowest BCUT2D eigenvalue weighted by atomic mass is 9.45. The number of carbonyl (C=O) groups is 1. The Hall–Kier alpha value is -1.09. The van der Waals surface area contributed by atoms with Gasteiger partial charge in [0.05, 0.1) is 0 Å². The fraction of sp³-hybridized carbons (Fsp3) is 0.762. The standard InChI is InChI=1S/C21H32N2O/c1-20-12-5-4-6-14(20)7-8-15-16-9-10-18(19(24)23(3)22)21(16,2)13-11-17(15)20/h4-5,10,14-17H,6-9,11-13,22H2,1-3H3/t14?,15-,16-,17-,20-,21-/m0/s1. The Balaban J connectivity index is 1.63. The van der Waals surface area contributed by atoms with Crippen LogP contribution in [0.1, 0.15) is 58.8 Å². The van der Waals surface area contributed by atoms with E-state index in [0.717, 1.165) is 36.2 Å². The predicted octanol–water partition coefficient (Wildman–Crippen LogP) is 4.06. The van der Waals surface area contributed by atoms with Crippen molar-refractivity contribution in [2.24, 2.45) is 40.3 Å². The summed E-state index contributed by atoms with van der Waals surface area (Å²) in [4.78, 5) is 12.6. The van der Waals surface area contributed by atoms with Crippen LogP contribution in [0.3, 0.4) is 0 Å². The summed E-state index contributed by atoms with van der Waals surface area (Å²) in [5.74, 6) is 8.92. The number of nitrogens with zero attached hydrogens (tertiary/aromatic N) is 1. The molecular weight excluding hydrogens is 296 g/mol. The topological polar surface area (TPSA) is 46.3 Å². The molecule has 1 amide bonds. The van der Waals surface area contributed by atoms with Crippen LogP contribution in [0.15, 0.2) is 23.8 Å². The second-order valence-electron chi connectivity index (χ2n) is 9.29. The Morgan fingerprint density at radius 2 is 1.96 bits per heavy atom. The SMILES string of the molecule is CN(N)C(=O)C1=CC[C@H]2[C@@H]3CCC4CC=CC[C@]4(C)[C@H]3CC[C@]12C. The third-order valence-electron chi connectivity index (χ3n) is 8.34. The Labute approximate surface area is 146 Å². The zero-order valence-electron chi connectivity index (χ0n) is 15.4. The molecule has 4 aliphatic carbocycles. The molecule has 6 atom stereocenters. The average molecular weight is 329 g/mol. The van der Waals surface area contributed by atoms with E-state index < -0.39 is 0 Å². The zero-order chi connectivity index (χ0) is 17.1. The summed E-state index contributed by atoms with van der Waals surface area (Å²) in [6.45, 7) is 4.89. The van der Waals surface area contributed by atoms with Gasteiger partial charge in [0.25, 0.3) is 5.91 Å². The minimum Gasteiger partial charge on any atom is -0.280 e. The van der Waals surface area contributed by atoms with Gasteiger partial charge in [0.15, 0.2) is 0 Å². The maximum atomic E-state index is 12.6. The number of hydrazine groups is 1. The summed E-state index contributed by atoms with van der Waals surface area (Å²) in [6, 6.07) is 0. The van der Waals surface area contributed by atoms with E-state index in [1.54, 1.807) is 7.05 Å². The van der Waals surface area contributed by atoms with E-state index in [1.807, 2.05) is 0 Å². The summed E-state index contributed by atoms with van der Waals surface area (Å²) < 4.78 is 0. The lowest BCUT2D eigenvalue weighted by molar-refractivity contribution is -0.129. The molecule has 132 valence electrons. The fourth-order valence-electron chi connectivity index (χ4n) is 6.93. The first kappa shape index (κ1) is 16.4. The summed E-state index contributed by atoms with van der Waals surface area (Å²) in [6.07, 6.45) is 15.8. The van der Waals surface area contributed by atoms with Crippen LogP contribution >= 0.6 is 0 Å². The highest BCUT2D eigenvalue weighted by Gasteiger charge is 2.58. The number of allylic oxidation sites excluding steroid dienone is 3. The fourth-order valence-corrected chi connectivity index (χ4v) is 6.93. The lowest BCUT2D eigenvalue weighted by Crippen LogP contribution is -2.52. The highest BCUT2D eigenvalue weighted by Crippen LogP contribution is 2.65. The van der Waals surface area contributed by atoms with Crippen molar-refractivity contribution in [3.05, 3.63) is 23.8 Å². The molecule has 0 aromatic carbocycles. The second kappa shape index (κ2) is 5.45. The number of rotatable bonds is 1. The van der Waals surface area contributed by atoms with E-state index in [0.29, 0.717) is 11.3 Å². The first-order valence-corrected chi connectivity index (χ1v) is 9.76. The number of amides is 1. The van der Waals surface area contributed by atoms with Gasteiger partial charge in [0.2, 0.25) is 0 Å². The molecule has 4 rings (SSSR count). The van der Waals surface area contributed by atoms with Gasteiger partial charge in [0, 0.05) is 18.0 Å². The Bertz CT molecular complexity index is 607. The molecule has 0 aromatic heterocycles. The number of likely N-dealkylation sites (N-methyl/N-ethyl adjacent to an activating group) is 1. The minimum atomic E-state index is 0.0268. The number of hydrogen-bond donors (Lipinski definition) is 1. The Morgan fingerprint density at radius 1 is 1.17 bits per heavy atom. The van der Waals surface area contributed by atoms with Gasteiger partial charge in [-0.1, -0.05) is 32.1 Å². The number of carbonyl (C=O) groups excluding carboxylic acids is 1. The molecule has 0 spiro atoms. The Kier molecular flexibility index (Phi) is 3.72. The van der Waals surface area contributed by atoms with Crippen molar-refractivity contribution in [2.45, 2.75) is 58.8 Å². The van der Waals surface area contributed by atoms with E-state index >= 15 is 0 Å². The monoisotopic (exact) mass is 328 g/mol. The number of nitrogens with two attached hydrogens (primary N) is 1. The summed E-state index contributed by atoms with van der Waals surface area (Å²) >= 11 is 0. The van der Waals surface area contributed by atoms with E-state index in [-0.39, 0.29) is 11.3 Å². The molecule has 1 unspecified atom stereocenters. The second-order valence-corrected chi connectivity index (χ2v) is 9.29. The summed E-state index contributed by atoms with van der Waals surface area (Å²) in [7, 11) is 1.67. The van der Waals surface area contributed by atoms with Crippen molar-refractivity contribution in [3.63, 3.8) is 0 Å². The molecule has 0 aliphatic heterocycles. The van der Waals surface area contributed by atoms with Gasteiger partial charge in [-0.2, -0.15) is 0 Å². The maximum absolute atomic E-state index is 12.6. The van der Waals surface area contributed by atoms with Crippen molar-refractivity contribution in [2.75, 3.05) is 7.05 Å². The van der Waals surface area contributed by atoms with Crippen molar-refractivity contribution < 1.29 is 4.79 Å². The third-order valence-corrected chi connectivity index (χ3v) is 8.34. The molecular formula is C21H32N2O. The number of hydrogen-bond acceptors (Lipinski definition) is 2. The van der Waals surface area contributed by atoms with Crippen LogP contribution in [0.5, 0.6) is 0 Å². The maximum Gasteiger partial charge on any atom is 0.263 e. The third kappa shape index (κ3) is 2.09. The van der Waals surface area contributed by atoms with Crippen molar-refractivity contribution in [3.8, 4) is 0 Å². The smallest absolute Gasteiger partial charge is 0.263 e. The largest absolute Gasteiger partial charge is 0.280 e. The molecule has 0 bridgehead atoms. The predicted molar refractivity (Wildman–Crippen MR) is 96.7 cm³/mol. The molecule has 2 fully saturated rings. The quantitative estimate of drug-likeness (QED) is 0.341. The summed E-state index contributed by atoms with van der Waals surface area (Å²) in [5, 5.41) is 1.27. The van der Waals surface area contributed by atoms with Gasteiger partial charge in [-0.05, 0) is 74.0 Å². The van der Waals surface area contributed by atoms with Gasteiger partial charge >= 0.3 is 0 Å². The minimum absolute atomic E-state index is 0.0268. The first-order chi connectivity index (χ1) is 11.4. The van der Waals surface area contributed by atoms with E-state index in [9.17, 15) is 4.79 Å². The van der Waals surface area contributed by atoms with E-state index in [4.69, 9.17) is 5.84 Å². The van der Waals surface area contributed by atoms with E-state index in [1.165, 1.54) is 37.1 Å². The molecule has 0 saturated heterocycles. The van der Waals surface area contributed by atoms with Crippen LogP contribution in [0.4, 0.5) is 0 Å². The highest BCUT2D eigenvalue weighted by molar-refractivity contribution is 5.94. The highest BCUT2D eigenvalue weighted by atomic mass is 16.2. The normalized spacial score (nSPS) is 46.6. The van der Waals surface area contributed by atoms with Crippen molar-refractivity contribution >= 4 is 5.91 Å². The van der Waals surface area contributed by atoms with Gasteiger partial charge < -0.3 is 0 Å². The molecule has 0 heterocycles. The molecule has 0 aromatic rings. The molecule has 24 heavy (non-hydrogen) atoms. The molecule has 0 radical (unpaired) electrons. The lowest BCUT2D eigenvalue weighted by Gasteiger charge is -2.59. The van der Waals surface area contributed by atoms with E-state index in [2.05, 4.69) is 32.1 Å². The van der Waals surface area contributed by atoms with Crippen molar-refractivity contribution in [1.82, 2.24) is 5.01 Å². The zero-order valence-corrected chi connectivity index (χ0v) is 15.4. The molecule has 3 heteroatoms. The Morgan fingerprint density at radius 3 is 2.71 bits per heavy atom. The average Bonchev–Trinajstić information content (AvgIpc) is 2.90. The van der Waals surface area contributed by atoms with Crippen LogP contribution in [0, 0.1) is 34.5 Å².